The van der Waals surface area contributed by atoms with Crippen molar-refractivity contribution in [1.82, 2.24) is 9.80 Å². The SMILES string of the molecule is C=CC(=O)N1[C@H](C)CN(C2=NC(=O)[N+]3=C(COC)CSc4c(-c5cscc5F)c(C(F)(F)F)cc2c43)C[C@@H]1C. The summed E-state index contributed by atoms with van der Waals surface area (Å²) >= 11 is 2.08. The molecule has 0 N–H and O–H groups in total. The molecule has 3 amide bonds. The molecule has 1 aromatic heterocycles. The third-order valence-electron chi connectivity index (χ3n) is 6.96. The second-order valence-corrected chi connectivity index (χ2v) is 11.3. The van der Waals surface area contributed by atoms with Gasteiger partial charge in [0, 0.05) is 59.2 Å². The highest BCUT2D eigenvalue weighted by atomic mass is 32.2. The number of thioether (sulfide) groups is 1. The van der Waals surface area contributed by atoms with Crippen LogP contribution in [-0.4, -0.2) is 82.5 Å². The van der Waals surface area contributed by atoms with Crippen LogP contribution in [0.2, 0.25) is 0 Å². The van der Waals surface area contributed by atoms with Crippen LogP contribution in [0.5, 0.6) is 0 Å². The normalized spacial score (nSPS) is 21.2. The summed E-state index contributed by atoms with van der Waals surface area (Å²) in [6.45, 7) is 7.75. The average Bonchev–Trinajstić information content (AvgIpc) is 3.30. The average molecular weight is 582 g/mol. The number of ether oxygens (including phenoxy) is 1. The van der Waals surface area contributed by atoms with E-state index >= 15 is 0 Å². The molecule has 0 aliphatic carbocycles. The van der Waals surface area contributed by atoms with Gasteiger partial charge in [-0.15, -0.1) is 23.1 Å². The number of hydrogen-bond donors (Lipinski definition) is 0. The minimum absolute atomic E-state index is 0.0715. The van der Waals surface area contributed by atoms with Crippen molar-refractivity contribution in [3.8, 4) is 11.1 Å². The number of thiophene rings is 1. The van der Waals surface area contributed by atoms with E-state index in [9.17, 15) is 27.2 Å². The van der Waals surface area contributed by atoms with Crippen molar-refractivity contribution < 1.29 is 36.5 Å². The fourth-order valence-electron chi connectivity index (χ4n) is 5.49. The van der Waals surface area contributed by atoms with Crippen LogP contribution in [0.15, 0.2) is 39.4 Å². The molecule has 5 rings (SSSR count). The molecule has 7 nitrogen and oxygen atoms in total. The standard InChI is InChI=1S/C26H25F4N4O3S2/c1-5-20(35)33-13(2)7-32(8-14(33)3)24-16-6-18(26(28,29)30)21(17-11-38-12-19(17)27)23-22(16)34(25(36)31-24)15(9-37-4)10-39-23/h5-6,11-14H,1,7-10H2,2-4H3/q+1/t13-,14+. The number of rotatable bonds is 4. The summed E-state index contributed by atoms with van der Waals surface area (Å²) in [5.41, 5.74) is -0.554. The lowest BCUT2D eigenvalue weighted by molar-refractivity contribution is -0.337. The lowest BCUT2D eigenvalue weighted by atomic mass is 9.94. The van der Waals surface area contributed by atoms with E-state index in [2.05, 4.69) is 11.6 Å². The van der Waals surface area contributed by atoms with Gasteiger partial charge in [0.25, 0.3) is 5.84 Å². The second-order valence-electron chi connectivity index (χ2n) is 9.55. The molecule has 0 unspecified atom stereocenters. The number of benzene rings is 1. The number of carbonyl (C=O) groups is 2. The third-order valence-corrected chi connectivity index (χ3v) is 8.84. The summed E-state index contributed by atoms with van der Waals surface area (Å²) in [7, 11) is 1.46. The number of urea groups is 1. The Labute approximate surface area is 230 Å². The first-order chi connectivity index (χ1) is 18.5. The summed E-state index contributed by atoms with van der Waals surface area (Å²) in [5, 5.41) is 2.50. The molecule has 206 valence electrons. The molecule has 1 fully saturated rings. The lowest BCUT2D eigenvalue weighted by Gasteiger charge is -2.44. The first kappa shape index (κ1) is 27.5. The molecule has 1 saturated heterocycles. The van der Waals surface area contributed by atoms with Gasteiger partial charge in [0.1, 0.15) is 18.1 Å². The van der Waals surface area contributed by atoms with E-state index in [1.807, 2.05) is 13.8 Å². The van der Waals surface area contributed by atoms with Crippen molar-refractivity contribution in [3.05, 3.63) is 46.4 Å². The number of nitrogens with zero attached hydrogens (tertiary/aromatic N) is 4. The molecule has 3 aliphatic rings. The zero-order chi connectivity index (χ0) is 28.2. The maximum Gasteiger partial charge on any atom is 0.547 e. The molecule has 0 spiro atoms. The molecule has 39 heavy (non-hydrogen) atoms. The number of aliphatic imine (C=N–C) groups is 1. The number of amides is 3. The van der Waals surface area contributed by atoms with Gasteiger partial charge in [-0.3, -0.25) is 4.79 Å². The number of hydrogen-bond acceptors (Lipinski definition) is 6. The Morgan fingerprint density at radius 3 is 2.51 bits per heavy atom. The van der Waals surface area contributed by atoms with Crippen LogP contribution in [-0.2, 0) is 15.7 Å². The fourth-order valence-corrected chi connectivity index (χ4v) is 7.40. The highest BCUT2D eigenvalue weighted by Crippen LogP contribution is 2.51. The van der Waals surface area contributed by atoms with Gasteiger partial charge in [-0.2, -0.15) is 22.5 Å². The summed E-state index contributed by atoms with van der Waals surface area (Å²) in [5.74, 6) is -0.745. The highest BCUT2D eigenvalue weighted by Gasteiger charge is 2.48. The Morgan fingerprint density at radius 1 is 1.26 bits per heavy atom. The molecule has 0 bridgehead atoms. The largest absolute Gasteiger partial charge is 0.547 e. The summed E-state index contributed by atoms with van der Waals surface area (Å²) in [6, 6.07) is -0.335. The van der Waals surface area contributed by atoms with Gasteiger partial charge in [-0.1, -0.05) is 6.58 Å². The zero-order valence-corrected chi connectivity index (χ0v) is 23.0. The van der Waals surface area contributed by atoms with Crippen molar-refractivity contribution in [1.29, 1.82) is 0 Å². The number of methoxy groups -OCH3 is 1. The molecular weight excluding hydrogens is 556 g/mol. The predicted octanol–water partition coefficient (Wildman–Crippen LogP) is 5.40. The Bertz CT molecular complexity index is 1440. The number of alkyl halides is 3. The monoisotopic (exact) mass is 581 g/mol. The van der Waals surface area contributed by atoms with Crippen molar-refractivity contribution in [2.24, 2.45) is 4.99 Å². The molecule has 4 heterocycles. The minimum atomic E-state index is -4.81. The first-order valence-electron chi connectivity index (χ1n) is 12.1. The maximum absolute atomic E-state index is 14.8. The van der Waals surface area contributed by atoms with E-state index in [1.54, 1.807) is 9.80 Å². The van der Waals surface area contributed by atoms with Gasteiger partial charge in [0.15, 0.2) is 5.69 Å². The van der Waals surface area contributed by atoms with E-state index in [0.717, 1.165) is 34.5 Å². The Balaban J connectivity index is 1.76. The topological polar surface area (TPSA) is 65.2 Å². The molecule has 0 radical (unpaired) electrons. The molecule has 2 atom stereocenters. The van der Waals surface area contributed by atoms with Crippen molar-refractivity contribution >= 4 is 52.3 Å². The van der Waals surface area contributed by atoms with E-state index < -0.39 is 23.6 Å². The van der Waals surface area contributed by atoms with Gasteiger partial charge in [0.05, 0.1) is 21.8 Å². The van der Waals surface area contributed by atoms with Crippen molar-refractivity contribution in [2.45, 2.75) is 37.0 Å². The molecule has 2 aromatic rings. The molecule has 0 saturated carbocycles. The van der Waals surface area contributed by atoms with Gasteiger partial charge in [-0.05, 0) is 26.0 Å². The van der Waals surface area contributed by atoms with E-state index in [-0.39, 0.29) is 76.5 Å². The van der Waals surface area contributed by atoms with E-state index in [0.29, 0.717) is 5.71 Å². The van der Waals surface area contributed by atoms with Gasteiger partial charge in [-0.25, -0.2) is 4.39 Å². The van der Waals surface area contributed by atoms with Crippen LogP contribution >= 0.6 is 23.1 Å². The third kappa shape index (κ3) is 4.59. The van der Waals surface area contributed by atoms with E-state index in [4.69, 9.17) is 4.74 Å². The van der Waals surface area contributed by atoms with Crippen molar-refractivity contribution in [3.63, 3.8) is 0 Å². The molecule has 13 heteroatoms. The van der Waals surface area contributed by atoms with Crippen LogP contribution in [0.25, 0.3) is 11.1 Å². The van der Waals surface area contributed by atoms with Crippen LogP contribution < -0.4 is 0 Å². The van der Waals surface area contributed by atoms with Gasteiger partial charge in [0.2, 0.25) is 5.91 Å². The molecule has 1 aromatic carbocycles. The van der Waals surface area contributed by atoms with E-state index in [1.165, 1.54) is 23.1 Å². The fraction of sp³-hybridized carbons (Fsp3) is 0.385. The minimum Gasteiger partial charge on any atom is -0.377 e. The quantitative estimate of drug-likeness (QED) is 0.275. The highest BCUT2D eigenvalue weighted by molar-refractivity contribution is 8.00. The Morgan fingerprint density at radius 2 is 1.95 bits per heavy atom. The summed E-state index contributed by atoms with van der Waals surface area (Å²) in [4.78, 5) is 33.7. The number of amidine groups is 1. The smallest absolute Gasteiger partial charge is 0.377 e. The molecule has 3 aliphatic heterocycles. The summed E-state index contributed by atoms with van der Waals surface area (Å²) in [6.07, 6.45) is -3.58. The lowest BCUT2D eigenvalue weighted by Crippen LogP contribution is -2.60. The molecular formula is C26H25F4N4O3S2+. The second kappa shape index (κ2) is 10.2. The van der Waals surface area contributed by atoms with Crippen LogP contribution in [0.4, 0.5) is 28.0 Å². The number of halogens is 4. The summed E-state index contributed by atoms with van der Waals surface area (Å²) < 4.78 is 65.1. The van der Waals surface area contributed by atoms with Crippen LogP contribution in [0, 0.1) is 5.82 Å². The van der Waals surface area contributed by atoms with Gasteiger partial charge < -0.3 is 14.5 Å². The van der Waals surface area contributed by atoms with Gasteiger partial charge >= 0.3 is 12.2 Å². The number of piperazine rings is 1. The van der Waals surface area contributed by atoms with Crippen LogP contribution in [0.3, 0.4) is 0 Å². The first-order valence-corrected chi connectivity index (χ1v) is 14.0. The zero-order valence-electron chi connectivity index (χ0n) is 21.3. The Hall–Kier alpha value is -3.03. The Kier molecular flexibility index (Phi) is 7.18. The maximum atomic E-state index is 14.8. The van der Waals surface area contributed by atoms with Crippen LogP contribution in [0.1, 0.15) is 25.0 Å². The van der Waals surface area contributed by atoms with Crippen molar-refractivity contribution in [2.75, 3.05) is 32.6 Å². The number of carbonyl (C=O) groups excluding carboxylic acids is 2. The predicted molar refractivity (Wildman–Crippen MR) is 142 cm³/mol.